The van der Waals surface area contributed by atoms with Crippen LogP contribution in [0.5, 0.6) is 0 Å². The fourth-order valence-corrected chi connectivity index (χ4v) is 3.64. The van der Waals surface area contributed by atoms with Crippen molar-refractivity contribution in [2.75, 3.05) is 6.61 Å². The number of hydrogen-bond donors (Lipinski definition) is 0. The molecule has 2 aliphatic rings. The number of esters is 2. The Morgan fingerprint density at radius 2 is 2.00 bits per heavy atom. The van der Waals surface area contributed by atoms with E-state index < -0.39 is 17.6 Å². The van der Waals surface area contributed by atoms with Gasteiger partial charge in [0.1, 0.15) is 24.8 Å². The third-order valence-corrected chi connectivity index (χ3v) is 4.80. The van der Waals surface area contributed by atoms with Crippen LogP contribution in [0.2, 0.25) is 0 Å². The predicted octanol–water partition coefficient (Wildman–Crippen LogP) is 3.01. The Kier molecular flexibility index (Phi) is 4.64. The minimum absolute atomic E-state index is 0.00404. The first-order valence-electron chi connectivity index (χ1n) is 7.91. The van der Waals surface area contributed by atoms with Gasteiger partial charge in [0.2, 0.25) is 0 Å². The van der Waals surface area contributed by atoms with Crippen molar-refractivity contribution in [3.05, 3.63) is 48.1 Å². The Morgan fingerprint density at radius 3 is 2.75 bits per heavy atom. The summed E-state index contributed by atoms with van der Waals surface area (Å²) in [6, 6.07) is 3.01. The minimum atomic E-state index is -0.620. The molecule has 0 N–H and O–H groups in total. The van der Waals surface area contributed by atoms with Gasteiger partial charge in [-0.1, -0.05) is 12.7 Å². The van der Waals surface area contributed by atoms with Crippen LogP contribution in [0.1, 0.15) is 18.4 Å². The second-order valence-corrected chi connectivity index (χ2v) is 6.21. The molecule has 4 atom stereocenters. The van der Waals surface area contributed by atoms with Crippen molar-refractivity contribution < 1.29 is 27.8 Å². The highest BCUT2D eigenvalue weighted by Crippen LogP contribution is 2.61. The topological polar surface area (TPSA) is 52.6 Å². The van der Waals surface area contributed by atoms with Crippen LogP contribution in [0.25, 0.3) is 0 Å². The second kappa shape index (κ2) is 6.71. The van der Waals surface area contributed by atoms with Crippen LogP contribution in [0.15, 0.2) is 30.9 Å². The molecule has 2 fully saturated rings. The highest BCUT2D eigenvalue weighted by molar-refractivity contribution is 5.81. The van der Waals surface area contributed by atoms with Gasteiger partial charge >= 0.3 is 11.9 Å². The molecule has 2 saturated carbocycles. The van der Waals surface area contributed by atoms with Crippen molar-refractivity contribution in [3.63, 3.8) is 0 Å². The lowest BCUT2D eigenvalue weighted by atomic mass is 10.00. The molecule has 0 heterocycles. The first-order valence-corrected chi connectivity index (χ1v) is 7.91. The zero-order valence-corrected chi connectivity index (χ0v) is 13.0. The first-order chi connectivity index (χ1) is 11.5. The summed E-state index contributed by atoms with van der Waals surface area (Å²) in [5.41, 5.74) is -0.00404. The average Bonchev–Trinajstić information content (AvgIpc) is 3.12. The number of fused-ring (bicyclic) bond motifs is 1. The Bertz CT molecular complexity index is 673. The van der Waals surface area contributed by atoms with Crippen LogP contribution < -0.4 is 0 Å². The molecule has 2 aliphatic carbocycles. The van der Waals surface area contributed by atoms with Gasteiger partial charge in [0.05, 0.1) is 11.8 Å². The van der Waals surface area contributed by atoms with Crippen LogP contribution >= 0.6 is 0 Å². The Labute approximate surface area is 138 Å². The normalized spacial score (nSPS) is 27.2. The monoisotopic (exact) mass is 336 g/mol. The van der Waals surface area contributed by atoms with Gasteiger partial charge in [-0.2, -0.15) is 0 Å². The predicted molar refractivity (Wildman–Crippen MR) is 80.5 cm³/mol. The van der Waals surface area contributed by atoms with Crippen LogP contribution in [-0.2, 0) is 25.7 Å². The smallest absolute Gasteiger partial charge is 0.309 e. The van der Waals surface area contributed by atoms with Crippen molar-refractivity contribution in [3.8, 4) is 0 Å². The molecule has 0 bridgehead atoms. The minimum Gasteiger partial charge on any atom is -0.461 e. The number of rotatable bonds is 6. The SMILES string of the molecule is C=CCOC(=O)C1C2CCC(C(=O)OCc3cc(F)ccc3F)C21. The quantitative estimate of drug-likeness (QED) is 0.592. The third-order valence-electron chi connectivity index (χ3n) is 4.80. The molecule has 0 aromatic heterocycles. The van der Waals surface area contributed by atoms with Crippen molar-refractivity contribution in [2.45, 2.75) is 19.4 Å². The molecular weight excluding hydrogens is 318 g/mol. The molecule has 0 saturated heterocycles. The van der Waals surface area contributed by atoms with E-state index in [0.29, 0.717) is 6.42 Å². The number of ether oxygens (including phenoxy) is 2. The molecule has 0 aliphatic heterocycles. The summed E-state index contributed by atoms with van der Waals surface area (Å²) in [5.74, 6) is -2.53. The first kappa shape index (κ1) is 16.6. The zero-order valence-electron chi connectivity index (χ0n) is 13.0. The summed E-state index contributed by atoms with van der Waals surface area (Å²) in [6.07, 6.45) is 2.91. The van der Waals surface area contributed by atoms with E-state index >= 15 is 0 Å². The highest BCUT2D eigenvalue weighted by Gasteiger charge is 2.64. The van der Waals surface area contributed by atoms with Gasteiger partial charge in [-0.05, 0) is 42.9 Å². The largest absolute Gasteiger partial charge is 0.461 e. The number of benzene rings is 1. The molecule has 24 heavy (non-hydrogen) atoms. The fourth-order valence-electron chi connectivity index (χ4n) is 3.64. The number of carbonyl (C=O) groups is 2. The third kappa shape index (κ3) is 3.18. The summed E-state index contributed by atoms with van der Waals surface area (Å²) in [5, 5.41) is 0. The zero-order chi connectivity index (χ0) is 17.3. The molecule has 3 rings (SSSR count). The lowest BCUT2D eigenvalue weighted by molar-refractivity contribution is -0.151. The average molecular weight is 336 g/mol. The standard InChI is InChI=1S/C18H18F2O4/c1-2-7-23-18(22)16-12-4-5-13(15(12)16)17(21)24-9-10-8-11(19)3-6-14(10)20/h2-3,6,8,12-13,15-16H,1,4-5,7,9H2. The van der Waals surface area contributed by atoms with Crippen molar-refractivity contribution in [1.29, 1.82) is 0 Å². The molecule has 4 nitrogen and oxygen atoms in total. The van der Waals surface area contributed by atoms with E-state index in [0.717, 1.165) is 24.6 Å². The lowest BCUT2D eigenvalue weighted by Gasteiger charge is -2.14. The Morgan fingerprint density at radius 1 is 1.21 bits per heavy atom. The molecule has 128 valence electrons. The van der Waals surface area contributed by atoms with E-state index in [1.54, 1.807) is 0 Å². The van der Waals surface area contributed by atoms with Gasteiger partial charge in [0.15, 0.2) is 0 Å². The summed E-state index contributed by atoms with van der Waals surface area (Å²) in [7, 11) is 0. The van der Waals surface area contributed by atoms with Gasteiger partial charge in [0, 0.05) is 5.56 Å². The maximum absolute atomic E-state index is 13.5. The fraction of sp³-hybridized carbons (Fsp3) is 0.444. The van der Waals surface area contributed by atoms with E-state index in [1.165, 1.54) is 6.08 Å². The summed E-state index contributed by atoms with van der Waals surface area (Å²) < 4.78 is 36.8. The van der Waals surface area contributed by atoms with E-state index in [9.17, 15) is 18.4 Å². The number of hydrogen-bond acceptors (Lipinski definition) is 4. The number of carbonyl (C=O) groups excluding carboxylic acids is 2. The van der Waals surface area contributed by atoms with Crippen LogP contribution in [0.3, 0.4) is 0 Å². The lowest BCUT2D eigenvalue weighted by Crippen LogP contribution is -2.21. The second-order valence-electron chi connectivity index (χ2n) is 6.21. The molecule has 0 amide bonds. The van der Waals surface area contributed by atoms with Gasteiger partial charge in [-0.15, -0.1) is 0 Å². The molecule has 1 aromatic rings. The van der Waals surface area contributed by atoms with Gasteiger partial charge < -0.3 is 9.47 Å². The number of halogens is 2. The van der Waals surface area contributed by atoms with Gasteiger partial charge in [0.25, 0.3) is 0 Å². The Hall–Kier alpha value is -2.24. The van der Waals surface area contributed by atoms with Crippen LogP contribution in [0, 0.1) is 35.3 Å². The van der Waals surface area contributed by atoms with Crippen molar-refractivity contribution >= 4 is 11.9 Å². The molecule has 0 spiro atoms. The molecule has 4 unspecified atom stereocenters. The summed E-state index contributed by atoms with van der Waals surface area (Å²) in [4.78, 5) is 24.1. The van der Waals surface area contributed by atoms with E-state index in [1.807, 2.05) is 0 Å². The summed E-state index contributed by atoms with van der Waals surface area (Å²) >= 11 is 0. The highest BCUT2D eigenvalue weighted by atomic mass is 19.1. The van der Waals surface area contributed by atoms with Crippen molar-refractivity contribution in [2.24, 2.45) is 23.7 Å². The van der Waals surface area contributed by atoms with E-state index in [4.69, 9.17) is 9.47 Å². The molecule has 0 radical (unpaired) electrons. The molecular formula is C18H18F2O4. The molecule has 6 heteroatoms. The van der Waals surface area contributed by atoms with E-state index in [2.05, 4.69) is 6.58 Å². The Balaban J connectivity index is 1.55. The van der Waals surface area contributed by atoms with Gasteiger partial charge in [-0.25, -0.2) is 8.78 Å². The van der Waals surface area contributed by atoms with Crippen molar-refractivity contribution in [1.82, 2.24) is 0 Å². The van der Waals surface area contributed by atoms with Crippen LogP contribution in [-0.4, -0.2) is 18.5 Å². The maximum atomic E-state index is 13.5. The van der Waals surface area contributed by atoms with E-state index in [-0.39, 0.29) is 48.4 Å². The maximum Gasteiger partial charge on any atom is 0.309 e. The van der Waals surface area contributed by atoms with Crippen LogP contribution in [0.4, 0.5) is 8.78 Å². The molecule has 1 aromatic carbocycles. The summed E-state index contributed by atoms with van der Waals surface area (Å²) in [6.45, 7) is 3.32. The van der Waals surface area contributed by atoms with Gasteiger partial charge in [-0.3, -0.25) is 9.59 Å².